The third kappa shape index (κ3) is 6.39. The largest absolute Gasteiger partial charge is 0.332 e. The molecule has 0 aliphatic carbocycles. The number of carbonyl (C=O) groups excluding carboxylic acids is 2. The Balaban J connectivity index is 1.93. The van der Waals surface area contributed by atoms with E-state index in [4.69, 9.17) is 12.2 Å². The summed E-state index contributed by atoms with van der Waals surface area (Å²) < 4.78 is 0. The van der Waals surface area contributed by atoms with Gasteiger partial charge in [-0.05, 0) is 66.0 Å². The lowest BCUT2D eigenvalue weighted by atomic mass is 9.82. The first-order valence-electron chi connectivity index (χ1n) is 9.76. The quantitative estimate of drug-likeness (QED) is 0.579. The van der Waals surface area contributed by atoms with E-state index in [-0.39, 0.29) is 28.3 Å². The Labute approximate surface area is 178 Å². The number of carbonyl (C=O) groups is 2. The van der Waals surface area contributed by atoms with Crippen molar-refractivity contribution in [3.63, 3.8) is 0 Å². The van der Waals surface area contributed by atoms with E-state index >= 15 is 0 Å². The first kappa shape index (κ1) is 22.6. The van der Waals surface area contributed by atoms with Crippen molar-refractivity contribution in [3.05, 3.63) is 59.7 Å². The molecular weight excluding hydrogens is 382 g/mol. The predicted molar refractivity (Wildman–Crippen MR) is 123 cm³/mol. The van der Waals surface area contributed by atoms with E-state index in [1.807, 2.05) is 38.1 Å². The third-order valence-electron chi connectivity index (χ3n) is 4.97. The minimum absolute atomic E-state index is 0.0400. The molecule has 0 fully saturated rings. The summed E-state index contributed by atoms with van der Waals surface area (Å²) >= 11 is 5.24. The zero-order valence-corrected chi connectivity index (χ0v) is 18.4. The van der Waals surface area contributed by atoms with E-state index in [1.165, 1.54) is 5.56 Å². The Morgan fingerprint density at radius 1 is 0.931 bits per heavy atom. The Bertz CT molecular complexity index is 872. The molecule has 2 aromatic rings. The van der Waals surface area contributed by atoms with Crippen LogP contribution in [0.15, 0.2) is 48.5 Å². The molecule has 0 unspecified atom stereocenters. The van der Waals surface area contributed by atoms with Crippen molar-refractivity contribution in [1.82, 2.24) is 5.32 Å². The van der Waals surface area contributed by atoms with E-state index in [1.54, 1.807) is 24.3 Å². The first-order chi connectivity index (χ1) is 13.6. The van der Waals surface area contributed by atoms with Gasteiger partial charge >= 0.3 is 0 Å². The molecule has 0 saturated heterocycles. The molecule has 5 nitrogen and oxygen atoms in total. The number of rotatable bonds is 6. The van der Waals surface area contributed by atoms with Crippen LogP contribution in [0.25, 0.3) is 0 Å². The fraction of sp³-hybridized carbons (Fsp3) is 0.348. The maximum absolute atomic E-state index is 12.4. The van der Waals surface area contributed by atoms with Crippen LogP contribution in [0.5, 0.6) is 0 Å². The molecule has 0 atom stereocenters. The number of thiocarbonyl (C=S) groups is 1. The van der Waals surface area contributed by atoms with E-state index < -0.39 is 0 Å². The van der Waals surface area contributed by atoms with E-state index in [9.17, 15) is 9.59 Å². The summed E-state index contributed by atoms with van der Waals surface area (Å²) in [6.07, 6.45) is 1.02. The van der Waals surface area contributed by atoms with Crippen molar-refractivity contribution < 1.29 is 9.59 Å². The highest BCUT2D eigenvalue weighted by Gasteiger charge is 2.18. The Kier molecular flexibility index (Phi) is 7.51. The molecule has 154 valence electrons. The van der Waals surface area contributed by atoms with Crippen LogP contribution in [-0.4, -0.2) is 16.9 Å². The van der Waals surface area contributed by atoms with E-state index in [0.717, 1.165) is 12.1 Å². The maximum Gasteiger partial charge on any atom is 0.257 e. The van der Waals surface area contributed by atoms with Gasteiger partial charge in [-0.25, -0.2) is 0 Å². The summed E-state index contributed by atoms with van der Waals surface area (Å²) in [6, 6.07) is 14.7. The summed E-state index contributed by atoms with van der Waals surface area (Å²) in [5, 5.41) is 8.71. The zero-order chi connectivity index (χ0) is 21.6. The lowest BCUT2D eigenvalue weighted by Crippen LogP contribution is -2.34. The van der Waals surface area contributed by atoms with Crippen LogP contribution < -0.4 is 16.0 Å². The van der Waals surface area contributed by atoms with Gasteiger partial charge in [-0.15, -0.1) is 0 Å². The molecule has 0 aliphatic rings. The fourth-order valence-electron chi connectivity index (χ4n) is 2.54. The molecule has 0 radical (unpaired) electrons. The molecule has 0 aromatic heterocycles. The van der Waals surface area contributed by atoms with Crippen molar-refractivity contribution in [3.8, 4) is 0 Å². The first-order valence-corrected chi connectivity index (χ1v) is 10.2. The Hall–Kier alpha value is -2.73. The van der Waals surface area contributed by atoms with Crippen LogP contribution in [0.3, 0.4) is 0 Å². The minimum Gasteiger partial charge on any atom is -0.332 e. The second-order valence-corrected chi connectivity index (χ2v) is 8.35. The van der Waals surface area contributed by atoms with Crippen LogP contribution in [0, 0.1) is 5.92 Å². The van der Waals surface area contributed by atoms with Crippen molar-refractivity contribution in [2.75, 3.05) is 10.6 Å². The van der Waals surface area contributed by atoms with Gasteiger partial charge < -0.3 is 10.6 Å². The van der Waals surface area contributed by atoms with Gasteiger partial charge in [-0.2, -0.15) is 0 Å². The second kappa shape index (κ2) is 9.65. The average molecular weight is 412 g/mol. The van der Waals surface area contributed by atoms with Gasteiger partial charge in [0.25, 0.3) is 5.91 Å². The van der Waals surface area contributed by atoms with E-state index in [2.05, 4.69) is 36.7 Å². The monoisotopic (exact) mass is 411 g/mol. The second-order valence-electron chi connectivity index (χ2n) is 7.94. The van der Waals surface area contributed by atoms with E-state index in [0.29, 0.717) is 11.3 Å². The maximum atomic E-state index is 12.4. The molecule has 3 N–H and O–H groups in total. The molecule has 0 saturated carbocycles. The lowest BCUT2D eigenvalue weighted by Gasteiger charge is -2.23. The van der Waals surface area contributed by atoms with Crippen molar-refractivity contribution in [2.24, 2.45) is 5.92 Å². The summed E-state index contributed by atoms with van der Waals surface area (Å²) in [5.41, 5.74) is 3.25. The summed E-state index contributed by atoms with van der Waals surface area (Å²) in [5.74, 6) is -0.385. The van der Waals surface area contributed by atoms with Gasteiger partial charge in [0, 0.05) is 22.9 Å². The van der Waals surface area contributed by atoms with Crippen LogP contribution in [-0.2, 0) is 10.2 Å². The van der Waals surface area contributed by atoms with Crippen LogP contribution >= 0.6 is 12.2 Å². The zero-order valence-electron chi connectivity index (χ0n) is 17.6. The molecule has 29 heavy (non-hydrogen) atoms. The standard InChI is InChI=1S/C23H29N3O2S/c1-6-23(4,5)17-9-7-16(8-10-17)21(28)26-22(29)25-19-13-11-18(12-14-19)24-20(27)15(2)3/h7-15H,6H2,1-5H3,(H,24,27)(H2,25,26,28,29). The van der Waals surface area contributed by atoms with Crippen molar-refractivity contribution in [2.45, 2.75) is 46.5 Å². The molecule has 0 aliphatic heterocycles. The van der Waals surface area contributed by atoms with Crippen LogP contribution in [0.1, 0.15) is 57.0 Å². The average Bonchev–Trinajstić information content (AvgIpc) is 2.69. The summed E-state index contributed by atoms with van der Waals surface area (Å²) in [6.45, 7) is 10.2. The van der Waals surface area contributed by atoms with Gasteiger partial charge in [0.2, 0.25) is 5.91 Å². The van der Waals surface area contributed by atoms with Crippen LogP contribution in [0.2, 0.25) is 0 Å². The van der Waals surface area contributed by atoms with Gasteiger partial charge in [-0.3, -0.25) is 14.9 Å². The lowest BCUT2D eigenvalue weighted by molar-refractivity contribution is -0.118. The van der Waals surface area contributed by atoms with Crippen molar-refractivity contribution in [1.29, 1.82) is 0 Å². The highest BCUT2D eigenvalue weighted by Crippen LogP contribution is 2.26. The SMILES string of the molecule is CCC(C)(C)c1ccc(C(=O)NC(=S)Nc2ccc(NC(=O)C(C)C)cc2)cc1. The van der Waals surface area contributed by atoms with Gasteiger partial charge in [-0.1, -0.05) is 46.8 Å². The highest BCUT2D eigenvalue weighted by atomic mass is 32.1. The molecule has 2 rings (SSSR count). The molecule has 0 heterocycles. The topological polar surface area (TPSA) is 70.2 Å². The Morgan fingerprint density at radius 2 is 1.45 bits per heavy atom. The predicted octanol–water partition coefficient (Wildman–Crippen LogP) is 5.10. The number of benzene rings is 2. The molecule has 0 spiro atoms. The number of anilines is 2. The number of amides is 2. The molecule has 0 bridgehead atoms. The smallest absolute Gasteiger partial charge is 0.257 e. The minimum atomic E-state index is -0.260. The normalized spacial score (nSPS) is 11.1. The Morgan fingerprint density at radius 3 is 1.93 bits per heavy atom. The third-order valence-corrected chi connectivity index (χ3v) is 5.18. The molecule has 2 amide bonds. The molecular formula is C23H29N3O2S. The van der Waals surface area contributed by atoms with Gasteiger partial charge in [0.1, 0.15) is 0 Å². The molecule has 6 heteroatoms. The summed E-state index contributed by atoms with van der Waals surface area (Å²) in [7, 11) is 0. The van der Waals surface area contributed by atoms with Crippen LogP contribution in [0.4, 0.5) is 11.4 Å². The van der Waals surface area contributed by atoms with Crippen molar-refractivity contribution >= 4 is 40.5 Å². The fourth-order valence-corrected chi connectivity index (χ4v) is 2.75. The number of nitrogens with one attached hydrogen (secondary N) is 3. The summed E-state index contributed by atoms with van der Waals surface area (Å²) in [4.78, 5) is 24.2. The highest BCUT2D eigenvalue weighted by molar-refractivity contribution is 7.80. The number of hydrogen-bond donors (Lipinski definition) is 3. The van der Waals surface area contributed by atoms with Gasteiger partial charge in [0.15, 0.2) is 5.11 Å². The molecule has 2 aromatic carbocycles. The number of hydrogen-bond acceptors (Lipinski definition) is 3. The van der Waals surface area contributed by atoms with Gasteiger partial charge in [0.05, 0.1) is 0 Å².